The molecule has 2 aliphatic heterocycles. The summed E-state index contributed by atoms with van der Waals surface area (Å²) in [7, 11) is 0. The van der Waals surface area contributed by atoms with Gasteiger partial charge in [-0.15, -0.1) is 0 Å². The highest BCUT2D eigenvalue weighted by Gasteiger charge is 2.31. The number of alkyl halides is 2. The Bertz CT molecular complexity index is 829. The number of para-hydroxylation sites is 2. The lowest BCUT2D eigenvalue weighted by Gasteiger charge is -2.33. The maximum atomic E-state index is 13.5. The van der Waals surface area contributed by atoms with Gasteiger partial charge in [-0.2, -0.15) is 0 Å². The van der Waals surface area contributed by atoms with Crippen LogP contribution in [0, 0.1) is 0 Å². The molecule has 0 aliphatic carbocycles. The Hall–Kier alpha value is -2.55. The number of morpholine rings is 1. The number of aliphatic imine (C=N–C) groups is 1. The number of benzene rings is 1. The lowest BCUT2D eigenvalue weighted by molar-refractivity contribution is -0.121. The monoisotopic (exact) mass is 349 g/mol. The standard InChI is InChI=1S/C16H17F2N5O2/c17-14(18)15-19-10-3-1-2-4-11(10)23(15)12-9-13(24)21-16(20-12)22-5-7-25-8-6-22/h1-4,12,14H,5-9H2,(H,20,21,24). The first-order valence-electron chi connectivity index (χ1n) is 8.09. The van der Waals surface area contributed by atoms with E-state index < -0.39 is 12.6 Å². The Kier molecular flexibility index (Phi) is 4.08. The number of hydrogen-bond acceptors (Lipinski definition) is 5. The summed E-state index contributed by atoms with van der Waals surface area (Å²) < 4.78 is 33.7. The van der Waals surface area contributed by atoms with Crippen LogP contribution in [0.25, 0.3) is 11.0 Å². The molecule has 0 spiro atoms. The summed E-state index contributed by atoms with van der Waals surface area (Å²) in [5, 5.41) is 2.73. The second-order valence-electron chi connectivity index (χ2n) is 5.91. The molecule has 0 saturated carbocycles. The first-order valence-corrected chi connectivity index (χ1v) is 8.09. The summed E-state index contributed by atoms with van der Waals surface area (Å²) in [6.07, 6.45) is -3.50. The van der Waals surface area contributed by atoms with Crippen LogP contribution >= 0.6 is 0 Å². The molecule has 1 fully saturated rings. The summed E-state index contributed by atoms with van der Waals surface area (Å²) in [6, 6.07) is 6.88. The van der Waals surface area contributed by atoms with Gasteiger partial charge in [-0.25, -0.2) is 18.8 Å². The van der Waals surface area contributed by atoms with Crippen molar-refractivity contribution in [2.24, 2.45) is 4.99 Å². The van der Waals surface area contributed by atoms with Crippen LogP contribution in [-0.4, -0.2) is 52.6 Å². The van der Waals surface area contributed by atoms with Crippen molar-refractivity contribution >= 4 is 22.9 Å². The fourth-order valence-electron chi connectivity index (χ4n) is 3.18. The van der Waals surface area contributed by atoms with Crippen molar-refractivity contribution < 1.29 is 18.3 Å². The molecule has 132 valence electrons. The lowest BCUT2D eigenvalue weighted by Crippen LogP contribution is -2.51. The molecule has 9 heteroatoms. The number of ether oxygens (including phenoxy) is 1. The molecule has 2 aromatic rings. The molecule has 0 bridgehead atoms. The fourth-order valence-corrected chi connectivity index (χ4v) is 3.18. The number of nitrogens with zero attached hydrogens (tertiary/aromatic N) is 4. The van der Waals surface area contributed by atoms with E-state index in [1.807, 2.05) is 4.90 Å². The molecule has 3 heterocycles. The minimum absolute atomic E-state index is 0.00604. The molecule has 7 nitrogen and oxygen atoms in total. The van der Waals surface area contributed by atoms with E-state index >= 15 is 0 Å². The number of amides is 1. The summed E-state index contributed by atoms with van der Waals surface area (Å²) in [4.78, 5) is 22.6. The van der Waals surface area contributed by atoms with E-state index in [1.165, 1.54) is 4.57 Å². The van der Waals surface area contributed by atoms with Crippen LogP contribution in [0.15, 0.2) is 29.3 Å². The number of imidazole rings is 1. The Morgan fingerprint density at radius 1 is 1.24 bits per heavy atom. The van der Waals surface area contributed by atoms with Gasteiger partial charge < -0.3 is 9.64 Å². The van der Waals surface area contributed by atoms with Gasteiger partial charge in [0.15, 0.2) is 5.82 Å². The average molecular weight is 349 g/mol. The highest BCUT2D eigenvalue weighted by molar-refractivity contribution is 5.99. The van der Waals surface area contributed by atoms with Crippen LogP contribution in [0.2, 0.25) is 0 Å². The van der Waals surface area contributed by atoms with Gasteiger partial charge in [-0.1, -0.05) is 12.1 Å². The number of hydrogen-bond donors (Lipinski definition) is 1. The number of carbonyl (C=O) groups excluding carboxylic acids is 1. The first-order chi connectivity index (χ1) is 12.1. The zero-order chi connectivity index (χ0) is 17.4. The zero-order valence-corrected chi connectivity index (χ0v) is 13.4. The van der Waals surface area contributed by atoms with Crippen LogP contribution in [0.3, 0.4) is 0 Å². The predicted molar refractivity (Wildman–Crippen MR) is 86.3 cm³/mol. The third kappa shape index (κ3) is 2.95. The number of guanidine groups is 1. The number of halogens is 2. The summed E-state index contributed by atoms with van der Waals surface area (Å²) in [6.45, 7) is 2.27. The van der Waals surface area contributed by atoms with Gasteiger partial charge in [0.1, 0.15) is 6.17 Å². The second-order valence-corrected chi connectivity index (χ2v) is 5.91. The number of carbonyl (C=O) groups is 1. The average Bonchev–Trinajstić information content (AvgIpc) is 3.02. The zero-order valence-electron chi connectivity index (χ0n) is 13.4. The van der Waals surface area contributed by atoms with E-state index in [9.17, 15) is 13.6 Å². The molecule has 0 radical (unpaired) electrons. The van der Waals surface area contributed by atoms with Gasteiger partial charge in [0.05, 0.1) is 30.7 Å². The van der Waals surface area contributed by atoms with Crippen molar-refractivity contribution in [1.82, 2.24) is 19.8 Å². The Morgan fingerprint density at radius 2 is 2.00 bits per heavy atom. The Morgan fingerprint density at radius 3 is 2.76 bits per heavy atom. The molecular weight excluding hydrogens is 332 g/mol. The minimum atomic E-state index is -2.75. The molecular formula is C16H17F2N5O2. The third-order valence-corrected chi connectivity index (χ3v) is 4.32. The number of fused-ring (bicyclic) bond motifs is 1. The SMILES string of the molecule is O=C1CC(n2c(C(F)F)nc3ccccc32)N=C(N2CCOCC2)N1. The van der Waals surface area contributed by atoms with Crippen LogP contribution in [0.1, 0.15) is 24.8 Å². The van der Waals surface area contributed by atoms with E-state index in [2.05, 4.69) is 15.3 Å². The number of nitrogens with one attached hydrogen (secondary N) is 1. The van der Waals surface area contributed by atoms with Crippen LogP contribution < -0.4 is 5.32 Å². The summed E-state index contributed by atoms with van der Waals surface area (Å²) in [5.74, 6) is -0.215. The Balaban J connectivity index is 1.78. The van der Waals surface area contributed by atoms with Gasteiger partial charge >= 0.3 is 0 Å². The molecule has 1 N–H and O–H groups in total. The molecule has 1 unspecified atom stereocenters. The van der Waals surface area contributed by atoms with E-state index in [0.29, 0.717) is 43.3 Å². The number of aromatic nitrogens is 2. The molecule has 25 heavy (non-hydrogen) atoms. The predicted octanol–water partition coefficient (Wildman–Crippen LogP) is 1.68. The van der Waals surface area contributed by atoms with Crippen molar-refractivity contribution in [3.8, 4) is 0 Å². The molecule has 1 amide bonds. The summed E-state index contributed by atoms with van der Waals surface area (Å²) in [5.41, 5.74) is 1.01. The topological polar surface area (TPSA) is 71.8 Å². The van der Waals surface area contributed by atoms with Crippen molar-refractivity contribution in [3.63, 3.8) is 0 Å². The van der Waals surface area contributed by atoms with E-state index in [0.717, 1.165) is 0 Å². The van der Waals surface area contributed by atoms with Gasteiger partial charge in [0.25, 0.3) is 6.43 Å². The molecule has 1 aromatic heterocycles. The fraction of sp³-hybridized carbons (Fsp3) is 0.438. The third-order valence-electron chi connectivity index (χ3n) is 4.32. The van der Waals surface area contributed by atoms with Crippen molar-refractivity contribution in [2.45, 2.75) is 19.0 Å². The summed E-state index contributed by atoms with van der Waals surface area (Å²) >= 11 is 0. The largest absolute Gasteiger partial charge is 0.378 e. The van der Waals surface area contributed by atoms with Gasteiger partial charge in [0, 0.05) is 13.1 Å². The van der Waals surface area contributed by atoms with Crippen LogP contribution in [0.5, 0.6) is 0 Å². The van der Waals surface area contributed by atoms with Crippen LogP contribution in [-0.2, 0) is 9.53 Å². The van der Waals surface area contributed by atoms with Gasteiger partial charge in [-0.05, 0) is 12.1 Å². The van der Waals surface area contributed by atoms with Crippen molar-refractivity contribution in [3.05, 3.63) is 30.1 Å². The smallest absolute Gasteiger partial charge is 0.295 e. The first kappa shape index (κ1) is 15.9. The highest BCUT2D eigenvalue weighted by atomic mass is 19.3. The van der Waals surface area contributed by atoms with Crippen molar-refractivity contribution in [1.29, 1.82) is 0 Å². The molecule has 1 saturated heterocycles. The van der Waals surface area contributed by atoms with E-state index in [1.54, 1.807) is 24.3 Å². The highest BCUT2D eigenvalue weighted by Crippen LogP contribution is 2.31. The van der Waals surface area contributed by atoms with E-state index in [4.69, 9.17) is 4.74 Å². The molecule has 4 rings (SSSR count). The normalized spacial score (nSPS) is 21.6. The lowest BCUT2D eigenvalue weighted by atomic mass is 10.2. The molecule has 1 atom stereocenters. The number of rotatable bonds is 2. The second kappa shape index (κ2) is 6.40. The van der Waals surface area contributed by atoms with Crippen LogP contribution in [0.4, 0.5) is 8.78 Å². The maximum absolute atomic E-state index is 13.5. The van der Waals surface area contributed by atoms with Gasteiger partial charge in [-0.3, -0.25) is 14.7 Å². The maximum Gasteiger partial charge on any atom is 0.295 e. The van der Waals surface area contributed by atoms with Gasteiger partial charge in [0.2, 0.25) is 11.9 Å². The Labute approximate surface area is 142 Å². The quantitative estimate of drug-likeness (QED) is 0.895. The van der Waals surface area contributed by atoms with Crippen molar-refractivity contribution in [2.75, 3.05) is 26.3 Å². The molecule has 1 aromatic carbocycles. The molecule has 2 aliphatic rings. The minimum Gasteiger partial charge on any atom is -0.378 e. The van der Waals surface area contributed by atoms with E-state index in [-0.39, 0.29) is 18.2 Å².